The number of rotatable bonds is 4. The maximum absolute atomic E-state index is 12.7. The monoisotopic (exact) mass is 421 g/mol. The quantitative estimate of drug-likeness (QED) is 0.649. The van der Waals surface area contributed by atoms with Crippen LogP contribution in [-0.4, -0.2) is 40.1 Å². The topological polar surface area (TPSA) is 87.2 Å². The highest BCUT2D eigenvalue weighted by Gasteiger charge is 2.28. The third-order valence-corrected chi connectivity index (χ3v) is 6.11. The van der Waals surface area contributed by atoms with E-state index in [0.29, 0.717) is 18.1 Å². The fourth-order valence-electron chi connectivity index (χ4n) is 3.40. The molecule has 0 aliphatic carbocycles. The van der Waals surface area contributed by atoms with E-state index in [2.05, 4.69) is 20.8 Å². The molecule has 1 aliphatic heterocycles. The Labute approximate surface area is 179 Å². The van der Waals surface area contributed by atoms with Gasteiger partial charge in [-0.05, 0) is 44.0 Å². The summed E-state index contributed by atoms with van der Waals surface area (Å²) in [5, 5.41) is 15.2. The molecule has 154 valence electrons. The minimum absolute atomic E-state index is 0.0818. The van der Waals surface area contributed by atoms with E-state index in [1.165, 1.54) is 11.3 Å². The number of para-hydroxylation sites is 1. The molecule has 1 aromatic heterocycles. The predicted octanol–water partition coefficient (Wildman–Crippen LogP) is 4.51. The van der Waals surface area contributed by atoms with Crippen molar-refractivity contribution in [1.82, 2.24) is 15.1 Å². The van der Waals surface area contributed by atoms with Crippen molar-refractivity contribution < 1.29 is 9.59 Å². The summed E-state index contributed by atoms with van der Waals surface area (Å²) in [6.45, 7) is 3.28. The van der Waals surface area contributed by atoms with Gasteiger partial charge in [-0.1, -0.05) is 47.2 Å². The molecule has 7 nitrogen and oxygen atoms in total. The number of piperidine rings is 1. The zero-order chi connectivity index (χ0) is 20.9. The second kappa shape index (κ2) is 9.04. The molecule has 2 aromatic carbocycles. The number of benzene rings is 2. The average molecular weight is 422 g/mol. The molecule has 1 saturated heterocycles. The first-order chi connectivity index (χ1) is 14.6. The number of nitrogens with zero attached hydrogens (tertiary/aromatic N) is 3. The van der Waals surface area contributed by atoms with Crippen molar-refractivity contribution in [2.45, 2.75) is 25.7 Å². The SMILES string of the molecule is Cc1ccc(NC(=O)N2CCC[C@H](c3nnc(C(=O)Nc4ccccc4)s3)C2)cc1. The van der Waals surface area contributed by atoms with Gasteiger partial charge in [0.1, 0.15) is 5.01 Å². The van der Waals surface area contributed by atoms with Gasteiger partial charge in [0.05, 0.1) is 0 Å². The van der Waals surface area contributed by atoms with Gasteiger partial charge in [-0.15, -0.1) is 10.2 Å². The van der Waals surface area contributed by atoms with Crippen LogP contribution in [0.5, 0.6) is 0 Å². The second-order valence-corrected chi connectivity index (χ2v) is 8.36. The Kier molecular flexibility index (Phi) is 6.04. The maximum atomic E-state index is 12.7. The van der Waals surface area contributed by atoms with Crippen molar-refractivity contribution in [3.8, 4) is 0 Å². The molecule has 1 atom stereocenters. The Morgan fingerprint density at radius 3 is 2.50 bits per heavy atom. The average Bonchev–Trinajstić information content (AvgIpc) is 3.27. The van der Waals surface area contributed by atoms with Gasteiger partial charge >= 0.3 is 6.03 Å². The van der Waals surface area contributed by atoms with Crippen molar-refractivity contribution in [3.05, 3.63) is 70.2 Å². The number of anilines is 2. The molecule has 0 saturated carbocycles. The highest BCUT2D eigenvalue weighted by molar-refractivity contribution is 7.13. The molecule has 0 bridgehead atoms. The number of carbonyl (C=O) groups is 2. The summed E-state index contributed by atoms with van der Waals surface area (Å²) >= 11 is 1.29. The van der Waals surface area contributed by atoms with Crippen LogP contribution in [0.3, 0.4) is 0 Å². The fourth-order valence-corrected chi connectivity index (χ4v) is 4.26. The number of aryl methyl sites for hydroxylation is 1. The Morgan fingerprint density at radius 2 is 1.73 bits per heavy atom. The molecule has 2 heterocycles. The van der Waals surface area contributed by atoms with Crippen molar-refractivity contribution in [1.29, 1.82) is 0 Å². The summed E-state index contributed by atoms with van der Waals surface area (Å²) in [4.78, 5) is 26.9. The third kappa shape index (κ3) is 4.83. The molecule has 3 amide bonds. The van der Waals surface area contributed by atoms with Crippen LogP contribution in [0.25, 0.3) is 0 Å². The highest BCUT2D eigenvalue weighted by Crippen LogP contribution is 2.29. The van der Waals surface area contributed by atoms with Crippen LogP contribution in [0.2, 0.25) is 0 Å². The van der Waals surface area contributed by atoms with E-state index in [4.69, 9.17) is 0 Å². The van der Waals surface area contributed by atoms with Gasteiger partial charge < -0.3 is 15.5 Å². The number of hydrogen-bond donors (Lipinski definition) is 2. The first-order valence-corrected chi connectivity index (χ1v) is 10.7. The molecule has 2 N–H and O–H groups in total. The molecule has 0 radical (unpaired) electrons. The molecule has 1 fully saturated rings. The van der Waals surface area contributed by atoms with Gasteiger partial charge in [0.15, 0.2) is 0 Å². The minimum Gasteiger partial charge on any atom is -0.324 e. The van der Waals surface area contributed by atoms with Gasteiger partial charge in [-0.25, -0.2) is 4.79 Å². The lowest BCUT2D eigenvalue weighted by molar-refractivity contribution is 0.102. The van der Waals surface area contributed by atoms with E-state index in [9.17, 15) is 9.59 Å². The molecular weight excluding hydrogens is 398 g/mol. The summed E-state index contributed by atoms with van der Waals surface area (Å²) in [6, 6.07) is 16.9. The van der Waals surface area contributed by atoms with E-state index in [-0.39, 0.29) is 17.9 Å². The van der Waals surface area contributed by atoms with Gasteiger partial charge in [0, 0.05) is 30.4 Å². The Hall–Kier alpha value is -3.26. The fraction of sp³-hybridized carbons (Fsp3) is 0.273. The smallest absolute Gasteiger partial charge is 0.321 e. The molecule has 1 aliphatic rings. The lowest BCUT2D eigenvalue weighted by atomic mass is 9.99. The van der Waals surface area contributed by atoms with Crippen LogP contribution >= 0.6 is 11.3 Å². The number of likely N-dealkylation sites (tertiary alicyclic amines) is 1. The summed E-state index contributed by atoms with van der Waals surface area (Å²) in [5.74, 6) is -0.187. The number of hydrogen-bond acceptors (Lipinski definition) is 5. The second-order valence-electron chi connectivity index (χ2n) is 7.35. The van der Waals surface area contributed by atoms with Gasteiger partial charge in [-0.3, -0.25) is 4.79 Å². The van der Waals surface area contributed by atoms with Crippen molar-refractivity contribution in [2.75, 3.05) is 23.7 Å². The van der Waals surface area contributed by atoms with Crippen LogP contribution in [0.1, 0.15) is 39.1 Å². The molecule has 4 rings (SSSR count). The van der Waals surface area contributed by atoms with E-state index in [0.717, 1.165) is 34.8 Å². The zero-order valence-electron chi connectivity index (χ0n) is 16.7. The number of nitrogens with one attached hydrogen (secondary N) is 2. The first-order valence-electron chi connectivity index (χ1n) is 9.91. The Balaban J connectivity index is 1.38. The number of carbonyl (C=O) groups excluding carboxylic acids is 2. The maximum Gasteiger partial charge on any atom is 0.321 e. The van der Waals surface area contributed by atoms with Gasteiger partial charge in [-0.2, -0.15) is 0 Å². The van der Waals surface area contributed by atoms with E-state index >= 15 is 0 Å². The predicted molar refractivity (Wildman–Crippen MR) is 118 cm³/mol. The lowest BCUT2D eigenvalue weighted by Crippen LogP contribution is -2.41. The van der Waals surface area contributed by atoms with Crippen LogP contribution in [0.4, 0.5) is 16.2 Å². The summed E-state index contributed by atoms with van der Waals surface area (Å²) in [5.41, 5.74) is 2.65. The van der Waals surface area contributed by atoms with E-state index in [1.54, 1.807) is 4.90 Å². The van der Waals surface area contributed by atoms with Gasteiger partial charge in [0.2, 0.25) is 5.01 Å². The zero-order valence-corrected chi connectivity index (χ0v) is 17.5. The third-order valence-electron chi connectivity index (χ3n) is 5.03. The van der Waals surface area contributed by atoms with E-state index in [1.807, 2.05) is 61.5 Å². The molecule has 3 aromatic rings. The van der Waals surface area contributed by atoms with Crippen LogP contribution in [0, 0.1) is 6.92 Å². The van der Waals surface area contributed by atoms with Gasteiger partial charge in [0.25, 0.3) is 5.91 Å². The van der Waals surface area contributed by atoms with Crippen LogP contribution < -0.4 is 10.6 Å². The molecule has 30 heavy (non-hydrogen) atoms. The van der Waals surface area contributed by atoms with E-state index < -0.39 is 0 Å². The van der Waals surface area contributed by atoms with Crippen molar-refractivity contribution >= 4 is 34.6 Å². The molecule has 0 unspecified atom stereocenters. The van der Waals surface area contributed by atoms with Crippen molar-refractivity contribution in [2.24, 2.45) is 0 Å². The minimum atomic E-state index is -0.269. The molecule has 8 heteroatoms. The van der Waals surface area contributed by atoms with Crippen LogP contribution in [-0.2, 0) is 0 Å². The highest BCUT2D eigenvalue weighted by atomic mass is 32.1. The Bertz CT molecular complexity index is 1020. The Morgan fingerprint density at radius 1 is 1.00 bits per heavy atom. The molecular formula is C22H23N5O2S. The number of aromatic nitrogens is 2. The van der Waals surface area contributed by atoms with Crippen LogP contribution in [0.15, 0.2) is 54.6 Å². The lowest BCUT2D eigenvalue weighted by Gasteiger charge is -2.31. The first kappa shape index (κ1) is 20.0. The standard InChI is InChI=1S/C22H23N5O2S/c1-15-9-11-18(12-10-15)24-22(29)27-13-5-6-16(14-27)20-25-26-21(30-20)19(28)23-17-7-3-2-4-8-17/h2-4,7-12,16H,5-6,13-14H2,1H3,(H,23,28)(H,24,29)/t16-/m0/s1. The normalized spacial score (nSPS) is 16.2. The summed E-state index contributed by atoms with van der Waals surface area (Å²) in [6.07, 6.45) is 1.81. The molecule has 0 spiro atoms. The summed E-state index contributed by atoms with van der Waals surface area (Å²) in [7, 11) is 0. The largest absolute Gasteiger partial charge is 0.324 e. The summed E-state index contributed by atoms with van der Waals surface area (Å²) < 4.78 is 0. The van der Waals surface area contributed by atoms with Crippen molar-refractivity contribution in [3.63, 3.8) is 0 Å². The number of urea groups is 1. The number of amides is 3.